The first-order valence-corrected chi connectivity index (χ1v) is 8.85. The molecule has 0 saturated carbocycles. The van der Waals surface area contributed by atoms with Crippen LogP contribution in [0, 0.1) is 6.92 Å². The van der Waals surface area contributed by atoms with Gasteiger partial charge in [-0.2, -0.15) is 0 Å². The fourth-order valence-electron chi connectivity index (χ4n) is 3.28. The summed E-state index contributed by atoms with van der Waals surface area (Å²) in [5.74, 6) is 0.222. The number of aryl methyl sites for hydroxylation is 1. The average Bonchev–Trinajstić information content (AvgIpc) is 2.57. The summed E-state index contributed by atoms with van der Waals surface area (Å²) in [6.07, 6.45) is 3.39. The van der Waals surface area contributed by atoms with Gasteiger partial charge in [0.15, 0.2) is 0 Å². The molecule has 4 nitrogen and oxygen atoms in total. The van der Waals surface area contributed by atoms with Crippen LogP contribution in [0.2, 0.25) is 0 Å². The van der Waals surface area contributed by atoms with Gasteiger partial charge in [-0.25, -0.2) is 0 Å². The molecule has 1 fully saturated rings. The van der Waals surface area contributed by atoms with Gasteiger partial charge in [0.05, 0.1) is 6.54 Å². The molecule has 128 valence electrons. The lowest BCUT2D eigenvalue weighted by atomic mass is 10.0. The van der Waals surface area contributed by atoms with Gasteiger partial charge in [0.1, 0.15) is 0 Å². The first-order chi connectivity index (χ1) is 11.1. The number of hydrogen-bond acceptors (Lipinski definition) is 3. The molecule has 1 aliphatic heterocycles. The lowest BCUT2D eigenvalue weighted by Crippen LogP contribution is -2.47. The van der Waals surface area contributed by atoms with E-state index in [1.165, 1.54) is 11.1 Å². The maximum Gasteiger partial charge on any atom is 0.236 e. The molecule has 0 atom stereocenters. The minimum Gasteiger partial charge on any atom is -0.340 e. The second kappa shape index (κ2) is 9.04. The predicted molar refractivity (Wildman–Crippen MR) is 95.4 cm³/mol. The van der Waals surface area contributed by atoms with Crippen molar-refractivity contribution in [3.8, 4) is 0 Å². The fourth-order valence-corrected chi connectivity index (χ4v) is 3.28. The van der Waals surface area contributed by atoms with E-state index in [1.54, 1.807) is 0 Å². The van der Waals surface area contributed by atoms with E-state index < -0.39 is 0 Å². The SMILES string of the molecule is CCCN(CC(=O)N(C)Cc1ccccc1C)C1CCNCC1. The van der Waals surface area contributed by atoms with Gasteiger partial charge >= 0.3 is 0 Å². The molecular weight excluding hydrogens is 286 g/mol. The zero-order valence-electron chi connectivity index (χ0n) is 14.8. The van der Waals surface area contributed by atoms with Gasteiger partial charge in [-0.3, -0.25) is 9.69 Å². The third-order valence-corrected chi connectivity index (χ3v) is 4.77. The Kier molecular flexibility index (Phi) is 7.06. The summed E-state index contributed by atoms with van der Waals surface area (Å²) in [5.41, 5.74) is 2.48. The van der Waals surface area contributed by atoms with Crippen molar-refractivity contribution in [2.45, 2.75) is 45.7 Å². The largest absolute Gasteiger partial charge is 0.340 e. The lowest BCUT2D eigenvalue weighted by molar-refractivity contribution is -0.132. The molecule has 0 radical (unpaired) electrons. The quantitative estimate of drug-likeness (QED) is 0.839. The van der Waals surface area contributed by atoms with E-state index in [0.717, 1.165) is 38.9 Å². The van der Waals surface area contributed by atoms with Crippen molar-refractivity contribution in [3.63, 3.8) is 0 Å². The third-order valence-electron chi connectivity index (χ3n) is 4.77. The highest BCUT2D eigenvalue weighted by molar-refractivity contribution is 5.78. The number of piperidine rings is 1. The highest BCUT2D eigenvalue weighted by Crippen LogP contribution is 2.14. The van der Waals surface area contributed by atoms with Gasteiger partial charge < -0.3 is 10.2 Å². The van der Waals surface area contributed by atoms with Crippen molar-refractivity contribution in [1.29, 1.82) is 0 Å². The van der Waals surface area contributed by atoms with Crippen LogP contribution < -0.4 is 5.32 Å². The van der Waals surface area contributed by atoms with Crippen LogP contribution in [0.15, 0.2) is 24.3 Å². The average molecular weight is 317 g/mol. The topological polar surface area (TPSA) is 35.6 Å². The molecule has 1 aromatic carbocycles. The normalized spacial score (nSPS) is 15.8. The second-order valence-electron chi connectivity index (χ2n) is 6.63. The van der Waals surface area contributed by atoms with Crippen molar-refractivity contribution in [1.82, 2.24) is 15.1 Å². The second-order valence-corrected chi connectivity index (χ2v) is 6.63. The molecule has 0 spiro atoms. The number of amides is 1. The van der Waals surface area contributed by atoms with E-state index in [-0.39, 0.29) is 5.91 Å². The summed E-state index contributed by atoms with van der Waals surface area (Å²) < 4.78 is 0. The first-order valence-electron chi connectivity index (χ1n) is 8.85. The Balaban J connectivity index is 1.93. The van der Waals surface area contributed by atoms with E-state index in [1.807, 2.05) is 24.1 Å². The summed E-state index contributed by atoms with van der Waals surface area (Å²) in [4.78, 5) is 16.9. The molecule has 1 aliphatic rings. The van der Waals surface area contributed by atoms with Crippen LogP contribution in [-0.4, -0.2) is 55.0 Å². The molecule has 2 rings (SSSR count). The Morgan fingerprint density at radius 2 is 1.96 bits per heavy atom. The number of nitrogens with zero attached hydrogens (tertiary/aromatic N) is 2. The highest BCUT2D eigenvalue weighted by atomic mass is 16.2. The molecule has 4 heteroatoms. The van der Waals surface area contributed by atoms with E-state index in [9.17, 15) is 4.79 Å². The van der Waals surface area contributed by atoms with Crippen molar-refractivity contribution >= 4 is 5.91 Å². The van der Waals surface area contributed by atoms with Crippen LogP contribution in [0.5, 0.6) is 0 Å². The van der Waals surface area contributed by atoms with E-state index in [4.69, 9.17) is 0 Å². The summed E-state index contributed by atoms with van der Waals surface area (Å²) >= 11 is 0. The molecule has 0 unspecified atom stereocenters. The maximum absolute atomic E-state index is 12.7. The van der Waals surface area contributed by atoms with Crippen molar-refractivity contribution in [2.24, 2.45) is 0 Å². The smallest absolute Gasteiger partial charge is 0.236 e. The van der Waals surface area contributed by atoms with Crippen molar-refractivity contribution < 1.29 is 4.79 Å². The number of carbonyl (C=O) groups is 1. The van der Waals surface area contributed by atoms with Gasteiger partial charge in [-0.05, 0) is 56.9 Å². The van der Waals surface area contributed by atoms with Crippen LogP contribution in [0.3, 0.4) is 0 Å². The van der Waals surface area contributed by atoms with Gasteiger partial charge in [-0.15, -0.1) is 0 Å². The van der Waals surface area contributed by atoms with Gasteiger partial charge in [-0.1, -0.05) is 31.2 Å². The Morgan fingerprint density at radius 1 is 1.26 bits per heavy atom. The lowest BCUT2D eigenvalue weighted by Gasteiger charge is -2.35. The fraction of sp³-hybridized carbons (Fsp3) is 0.632. The van der Waals surface area contributed by atoms with E-state index in [0.29, 0.717) is 19.1 Å². The summed E-state index contributed by atoms with van der Waals surface area (Å²) in [6.45, 7) is 8.67. The molecule has 1 amide bonds. The molecule has 1 aromatic rings. The van der Waals surface area contributed by atoms with Crippen LogP contribution in [-0.2, 0) is 11.3 Å². The van der Waals surface area contributed by atoms with Crippen LogP contribution in [0.4, 0.5) is 0 Å². The maximum atomic E-state index is 12.7. The Morgan fingerprint density at radius 3 is 2.61 bits per heavy atom. The summed E-state index contributed by atoms with van der Waals surface area (Å²) in [7, 11) is 1.92. The van der Waals surface area contributed by atoms with E-state index in [2.05, 4.69) is 36.2 Å². The number of carbonyl (C=O) groups excluding carboxylic acids is 1. The standard InChI is InChI=1S/C19H31N3O/c1-4-13-22(18-9-11-20-12-10-18)15-19(23)21(3)14-17-8-6-5-7-16(17)2/h5-8,18,20H,4,9-15H2,1-3H3. The minimum atomic E-state index is 0.222. The van der Waals surface area contributed by atoms with Crippen molar-refractivity contribution in [3.05, 3.63) is 35.4 Å². The highest BCUT2D eigenvalue weighted by Gasteiger charge is 2.23. The van der Waals surface area contributed by atoms with Crippen LogP contribution >= 0.6 is 0 Å². The van der Waals surface area contributed by atoms with Crippen LogP contribution in [0.25, 0.3) is 0 Å². The number of nitrogens with one attached hydrogen (secondary N) is 1. The third kappa shape index (κ3) is 5.33. The van der Waals surface area contributed by atoms with Gasteiger partial charge in [0.2, 0.25) is 5.91 Å². The first kappa shape index (κ1) is 18.0. The zero-order valence-corrected chi connectivity index (χ0v) is 14.8. The molecule has 0 aromatic heterocycles. The van der Waals surface area contributed by atoms with Crippen molar-refractivity contribution in [2.75, 3.05) is 33.2 Å². The Bertz CT molecular complexity index is 497. The van der Waals surface area contributed by atoms with Gasteiger partial charge in [0.25, 0.3) is 0 Å². The number of benzene rings is 1. The van der Waals surface area contributed by atoms with Crippen LogP contribution in [0.1, 0.15) is 37.3 Å². The molecule has 1 N–H and O–H groups in total. The van der Waals surface area contributed by atoms with E-state index >= 15 is 0 Å². The number of rotatable bonds is 7. The molecule has 1 saturated heterocycles. The monoisotopic (exact) mass is 317 g/mol. The minimum absolute atomic E-state index is 0.222. The predicted octanol–water partition coefficient (Wildman–Crippen LogP) is 2.42. The molecule has 0 aliphatic carbocycles. The number of likely N-dealkylation sites (N-methyl/N-ethyl adjacent to an activating group) is 1. The molecule has 1 heterocycles. The zero-order chi connectivity index (χ0) is 16.7. The molecule has 23 heavy (non-hydrogen) atoms. The summed E-state index contributed by atoms with van der Waals surface area (Å²) in [5, 5.41) is 3.40. The summed E-state index contributed by atoms with van der Waals surface area (Å²) in [6, 6.07) is 8.84. The molecular formula is C19H31N3O. The Labute approximate surface area is 140 Å². The Hall–Kier alpha value is -1.39. The number of hydrogen-bond donors (Lipinski definition) is 1. The van der Waals surface area contributed by atoms with Gasteiger partial charge in [0, 0.05) is 19.6 Å². The molecule has 0 bridgehead atoms.